The molecule has 0 radical (unpaired) electrons. The molecule has 8 heteroatoms. The van der Waals surface area contributed by atoms with Gasteiger partial charge in [0.05, 0.1) is 11.1 Å². The van der Waals surface area contributed by atoms with Crippen molar-refractivity contribution in [1.82, 2.24) is 15.0 Å². The summed E-state index contributed by atoms with van der Waals surface area (Å²) in [5, 5.41) is 1.56. The van der Waals surface area contributed by atoms with Gasteiger partial charge in [-0.2, -0.15) is 0 Å². The Bertz CT molecular complexity index is 1290. The van der Waals surface area contributed by atoms with E-state index in [4.69, 9.17) is 32.0 Å². The predicted molar refractivity (Wildman–Crippen MR) is 129 cm³/mol. The number of H-pyrrole nitrogens is 1. The van der Waals surface area contributed by atoms with E-state index in [2.05, 4.69) is 9.88 Å². The monoisotopic (exact) mass is 461 g/mol. The molecule has 0 bridgehead atoms. The Morgan fingerprint density at radius 2 is 2.00 bits per heavy atom. The molecule has 2 aromatic carbocycles. The lowest BCUT2D eigenvalue weighted by Crippen LogP contribution is -2.23. The molecule has 1 unspecified atom stereocenters. The fourth-order valence-electron chi connectivity index (χ4n) is 4.28. The van der Waals surface area contributed by atoms with Crippen LogP contribution >= 0.6 is 11.6 Å². The SMILES string of the molecule is NC(=O)CC1CCN(c2nc(-c3ccccc3)nc3[nH]c(COc4cccc(Cl)c4)cc23)C1. The van der Waals surface area contributed by atoms with E-state index >= 15 is 0 Å². The molecule has 4 aromatic rings. The number of nitrogens with two attached hydrogens (primary N) is 1. The predicted octanol–water partition coefficient (Wildman–Crippen LogP) is 4.56. The highest BCUT2D eigenvalue weighted by Gasteiger charge is 2.27. The van der Waals surface area contributed by atoms with Crippen molar-refractivity contribution in [2.75, 3.05) is 18.0 Å². The van der Waals surface area contributed by atoms with Gasteiger partial charge in [0.15, 0.2) is 5.82 Å². The standard InChI is InChI=1S/C25H24ClN5O2/c26-18-7-4-8-20(12-18)33-15-19-13-21-24(28-19)29-23(17-5-2-1-3-6-17)30-25(21)31-10-9-16(14-31)11-22(27)32/h1-8,12-13,16H,9-11,14-15H2,(H2,27,32)(H,28,29,30). The number of primary amides is 1. The van der Waals surface area contributed by atoms with E-state index < -0.39 is 0 Å². The van der Waals surface area contributed by atoms with Crippen LogP contribution in [0.2, 0.25) is 5.02 Å². The molecular weight excluding hydrogens is 438 g/mol. The molecule has 3 N–H and O–H groups in total. The van der Waals surface area contributed by atoms with Gasteiger partial charge in [0.25, 0.3) is 0 Å². The molecule has 1 aliphatic heterocycles. The highest BCUT2D eigenvalue weighted by molar-refractivity contribution is 6.30. The normalized spacial score (nSPS) is 15.8. The minimum Gasteiger partial charge on any atom is -0.487 e. The molecule has 1 amide bonds. The molecule has 1 fully saturated rings. The highest BCUT2D eigenvalue weighted by Crippen LogP contribution is 2.32. The number of ether oxygens (including phenoxy) is 1. The van der Waals surface area contributed by atoms with Crippen molar-refractivity contribution in [1.29, 1.82) is 0 Å². The maximum atomic E-state index is 11.4. The fraction of sp³-hybridized carbons (Fsp3) is 0.240. The van der Waals surface area contributed by atoms with Crippen LogP contribution in [0.4, 0.5) is 5.82 Å². The molecule has 2 aromatic heterocycles. The Morgan fingerprint density at radius 3 is 2.79 bits per heavy atom. The lowest BCUT2D eigenvalue weighted by molar-refractivity contribution is -0.118. The first kappa shape index (κ1) is 21.3. The number of rotatable bonds is 7. The zero-order chi connectivity index (χ0) is 22.8. The third-order valence-corrected chi connectivity index (χ3v) is 6.06. The molecular formula is C25H24ClN5O2. The van der Waals surface area contributed by atoms with E-state index in [0.717, 1.165) is 47.6 Å². The Kier molecular flexibility index (Phi) is 5.88. The van der Waals surface area contributed by atoms with E-state index in [9.17, 15) is 4.79 Å². The van der Waals surface area contributed by atoms with Crippen molar-refractivity contribution in [2.45, 2.75) is 19.4 Å². The van der Waals surface area contributed by atoms with Crippen molar-refractivity contribution in [3.8, 4) is 17.1 Å². The number of hydrogen-bond acceptors (Lipinski definition) is 5. The summed E-state index contributed by atoms with van der Waals surface area (Å²) in [6.45, 7) is 1.90. The minimum atomic E-state index is -0.262. The van der Waals surface area contributed by atoms with E-state index in [1.54, 1.807) is 6.07 Å². The summed E-state index contributed by atoms with van der Waals surface area (Å²) in [4.78, 5) is 26.7. The zero-order valence-electron chi connectivity index (χ0n) is 18.0. The van der Waals surface area contributed by atoms with Gasteiger partial charge in [-0.15, -0.1) is 0 Å². The summed E-state index contributed by atoms with van der Waals surface area (Å²) in [5.41, 5.74) is 8.01. The lowest BCUT2D eigenvalue weighted by atomic mass is 10.1. The van der Waals surface area contributed by atoms with Crippen molar-refractivity contribution in [2.24, 2.45) is 11.7 Å². The maximum Gasteiger partial charge on any atom is 0.217 e. The number of halogens is 1. The van der Waals surface area contributed by atoms with Gasteiger partial charge in [-0.1, -0.05) is 48.0 Å². The van der Waals surface area contributed by atoms with Crippen molar-refractivity contribution < 1.29 is 9.53 Å². The molecule has 0 aliphatic carbocycles. The van der Waals surface area contributed by atoms with Gasteiger partial charge in [-0.25, -0.2) is 9.97 Å². The van der Waals surface area contributed by atoms with Crippen molar-refractivity contribution >= 4 is 34.4 Å². The molecule has 1 atom stereocenters. The summed E-state index contributed by atoms with van der Waals surface area (Å²) in [7, 11) is 0. The second kappa shape index (κ2) is 9.11. The van der Waals surface area contributed by atoms with E-state index in [1.165, 1.54) is 0 Å². The number of aromatic nitrogens is 3. The summed E-state index contributed by atoms with van der Waals surface area (Å²) < 4.78 is 5.91. The quantitative estimate of drug-likeness (QED) is 0.420. The van der Waals surface area contributed by atoms with Crippen molar-refractivity contribution in [3.63, 3.8) is 0 Å². The van der Waals surface area contributed by atoms with Crippen LogP contribution in [-0.2, 0) is 11.4 Å². The largest absolute Gasteiger partial charge is 0.487 e. The van der Waals surface area contributed by atoms with Gasteiger partial charge in [0.1, 0.15) is 23.8 Å². The number of nitrogens with one attached hydrogen (secondary N) is 1. The van der Waals surface area contributed by atoms with E-state index in [0.29, 0.717) is 29.6 Å². The summed E-state index contributed by atoms with van der Waals surface area (Å²) in [6, 6.07) is 19.3. The van der Waals surface area contributed by atoms with Crippen LogP contribution in [0.15, 0.2) is 60.7 Å². The first-order valence-electron chi connectivity index (χ1n) is 10.9. The fourth-order valence-corrected chi connectivity index (χ4v) is 4.46. The topological polar surface area (TPSA) is 97.1 Å². The van der Waals surface area contributed by atoms with Gasteiger partial charge in [-0.3, -0.25) is 4.79 Å². The van der Waals surface area contributed by atoms with Gasteiger partial charge in [-0.05, 0) is 36.6 Å². The maximum absolute atomic E-state index is 11.4. The average molecular weight is 462 g/mol. The third kappa shape index (κ3) is 4.78. The molecule has 0 saturated carbocycles. The molecule has 1 saturated heterocycles. The first-order chi connectivity index (χ1) is 16.0. The number of anilines is 1. The van der Waals surface area contributed by atoms with Crippen LogP contribution in [0.1, 0.15) is 18.5 Å². The van der Waals surface area contributed by atoms with Crippen LogP contribution in [-0.4, -0.2) is 33.9 Å². The Hall–Kier alpha value is -3.58. The molecule has 1 aliphatic rings. The molecule has 168 valence electrons. The Balaban J connectivity index is 1.48. The number of carbonyl (C=O) groups excluding carboxylic acids is 1. The Morgan fingerprint density at radius 1 is 1.15 bits per heavy atom. The molecule has 33 heavy (non-hydrogen) atoms. The highest BCUT2D eigenvalue weighted by atomic mass is 35.5. The van der Waals surface area contributed by atoms with Crippen LogP contribution in [0, 0.1) is 5.92 Å². The number of benzene rings is 2. The van der Waals surface area contributed by atoms with Crippen LogP contribution in [0.5, 0.6) is 5.75 Å². The minimum absolute atomic E-state index is 0.234. The second-order valence-electron chi connectivity index (χ2n) is 8.31. The van der Waals surface area contributed by atoms with Crippen molar-refractivity contribution in [3.05, 3.63) is 71.4 Å². The Labute approximate surface area is 196 Å². The van der Waals surface area contributed by atoms with Gasteiger partial charge in [0.2, 0.25) is 5.91 Å². The number of nitrogens with zero attached hydrogens (tertiary/aromatic N) is 3. The molecule has 0 spiro atoms. The molecule has 7 nitrogen and oxygen atoms in total. The van der Waals surface area contributed by atoms with Gasteiger partial charge < -0.3 is 20.4 Å². The third-order valence-electron chi connectivity index (χ3n) is 5.82. The van der Waals surface area contributed by atoms with Crippen LogP contribution in [0.25, 0.3) is 22.4 Å². The van der Waals surface area contributed by atoms with E-state index in [1.807, 2.05) is 54.6 Å². The number of fused-ring (bicyclic) bond motifs is 1. The van der Waals surface area contributed by atoms with Gasteiger partial charge in [0, 0.05) is 30.1 Å². The number of carbonyl (C=O) groups is 1. The summed E-state index contributed by atoms with van der Waals surface area (Å²) >= 11 is 6.06. The average Bonchev–Trinajstić information content (AvgIpc) is 3.44. The summed E-state index contributed by atoms with van der Waals surface area (Å²) in [5.74, 6) is 2.18. The first-order valence-corrected chi connectivity index (χ1v) is 11.3. The van der Waals surface area contributed by atoms with Crippen LogP contribution < -0.4 is 15.4 Å². The molecule has 3 heterocycles. The number of aromatic amines is 1. The second-order valence-corrected chi connectivity index (χ2v) is 8.75. The summed E-state index contributed by atoms with van der Waals surface area (Å²) in [6.07, 6.45) is 1.30. The smallest absolute Gasteiger partial charge is 0.217 e. The van der Waals surface area contributed by atoms with Crippen LogP contribution in [0.3, 0.4) is 0 Å². The molecule has 5 rings (SSSR count). The number of amides is 1. The lowest BCUT2D eigenvalue weighted by Gasteiger charge is -2.19. The number of hydrogen-bond donors (Lipinski definition) is 2. The van der Waals surface area contributed by atoms with Gasteiger partial charge >= 0.3 is 0 Å². The zero-order valence-corrected chi connectivity index (χ0v) is 18.8. The van der Waals surface area contributed by atoms with E-state index in [-0.39, 0.29) is 11.8 Å².